The van der Waals surface area contributed by atoms with E-state index >= 15 is 0 Å². The molecule has 1 rings (SSSR count). The molecule has 0 spiro atoms. The van der Waals surface area contributed by atoms with Crippen molar-refractivity contribution in [1.82, 2.24) is 5.32 Å². The Morgan fingerprint density at radius 1 is 1.60 bits per heavy atom. The van der Waals surface area contributed by atoms with E-state index in [0.29, 0.717) is 6.54 Å². The summed E-state index contributed by atoms with van der Waals surface area (Å²) < 4.78 is 0. The number of hydrogen-bond acceptors (Lipinski definition) is 5. The number of aliphatic hydroxyl groups excluding tert-OH is 1. The van der Waals surface area contributed by atoms with Crippen molar-refractivity contribution in [3.8, 4) is 0 Å². The Morgan fingerprint density at radius 2 is 2.33 bits per heavy atom. The Hall–Kier alpha value is -0.950. The molecule has 0 aliphatic rings. The summed E-state index contributed by atoms with van der Waals surface area (Å²) in [5, 5.41) is 24.7. The van der Waals surface area contributed by atoms with Crippen molar-refractivity contribution in [2.75, 3.05) is 13.1 Å². The summed E-state index contributed by atoms with van der Waals surface area (Å²) in [5.74, 6) is -1.05. The molecule has 0 aliphatic heterocycles. The minimum absolute atomic E-state index is 0.149. The maximum Gasteiger partial charge on any atom is 0.321 e. The van der Waals surface area contributed by atoms with Crippen molar-refractivity contribution in [3.05, 3.63) is 22.4 Å². The van der Waals surface area contributed by atoms with E-state index in [9.17, 15) is 9.90 Å². The molecule has 1 aromatic heterocycles. The van der Waals surface area contributed by atoms with E-state index in [4.69, 9.17) is 10.8 Å². The highest BCUT2D eigenvalue weighted by atomic mass is 32.1. The van der Waals surface area contributed by atoms with E-state index in [1.165, 1.54) is 11.3 Å². The molecule has 2 atom stereocenters. The van der Waals surface area contributed by atoms with Crippen molar-refractivity contribution < 1.29 is 15.0 Å². The van der Waals surface area contributed by atoms with Gasteiger partial charge in [0.05, 0.1) is 6.10 Å². The minimum atomic E-state index is -1.05. The second kappa shape index (κ2) is 5.82. The molecule has 84 valence electrons. The zero-order chi connectivity index (χ0) is 11.3. The molecule has 0 saturated heterocycles. The van der Waals surface area contributed by atoms with Gasteiger partial charge in [-0.25, -0.2) is 0 Å². The Morgan fingerprint density at radius 3 is 2.87 bits per heavy atom. The van der Waals surface area contributed by atoms with Crippen LogP contribution in [0.15, 0.2) is 16.8 Å². The van der Waals surface area contributed by atoms with Gasteiger partial charge in [0.15, 0.2) is 0 Å². The molecule has 15 heavy (non-hydrogen) atoms. The average molecular weight is 230 g/mol. The van der Waals surface area contributed by atoms with Crippen LogP contribution in [0.2, 0.25) is 0 Å². The summed E-state index contributed by atoms with van der Waals surface area (Å²) in [6.07, 6.45) is -0.614. The predicted molar refractivity (Wildman–Crippen MR) is 57.8 cm³/mol. The van der Waals surface area contributed by atoms with E-state index in [0.717, 1.165) is 5.56 Å². The first-order chi connectivity index (χ1) is 7.11. The van der Waals surface area contributed by atoms with Gasteiger partial charge in [0.2, 0.25) is 0 Å². The lowest BCUT2D eigenvalue weighted by Crippen LogP contribution is -2.41. The topological polar surface area (TPSA) is 95.6 Å². The molecule has 0 saturated carbocycles. The van der Waals surface area contributed by atoms with Crippen LogP contribution in [-0.2, 0) is 4.79 Å². The maximum absolute atomic E-state index is 10.4. The molecule has 0 fully saturated rings. The van der Waals surface area contributed by atoms with Crippen LogP contribution in [0.5, 0.6) is 0 Å². The second-order valence-electron chi connectivity index (χ2n) is 3.18. The van der Waals surface area contributed by atoms with Crippen molar-refractivity contribution in [2.45, 2.75) is 12.1 Å². The Kier molecular flexibility index (Phi) is 4.70. The normalized spacial score (nSPS) is 14.8. The Labute approximate surface area is 91.5 Å². The fraction of sp³-hybridized carbons (Fsp3) is 0.444. The van der Waals surface area contributed by atoms with Gasteiger partial charge < -0.3 is 21.3 Å². The van der Waals surface area contributed by atoms with Gasteiger partial charge in [-0.1, -0.05) is 0 Å². The molecular formula is C9H14N2O3S. The third-order valence-corrected chi connectivity index (χ3v) is 2.65. The summed E-state index contributed by atoms with van der Waals surface area (Å²) in [5.41, 5.74) is 6.11. The molecule has 6 heteroatoms. The van der Waals surface area contributed by atoms with Crippen LogP contribution < -0.4 is 11.1 Å². The summed E-state index contributed by atoms with van der Waals surface area (Å²) in [7, 11) is 0. The standard InChI is InChI=1S/C9H14N2O3S/c10-7(9(13)14)3-11-4-8(12)6-1-2-15-5-6/h1-2,5,7-8,11-12H,3-4,10H2,(H,13,14). The van der Waals surface area contributed by atoms with Gasteiger partial charge in [-0.3, -0.25) is 4.79 Å². The SMILES string of the molecule is NC(CNCC(O)c1ccsc1)C(=O)O. The minimum Gasteiger partial charge on any atom is -0.480 e. The van der Waals surface area contributed by atoms with Gasteiger partial charge in [-0.05, 0) is 22.4 Å². The highest BCUT2D eigenvalue weighted by molar-refractivity contribution is 7.07. The first-order valence-corrected chi connectivity index (χ1v) is 5.45. The molecule has 2 unspecified atom stereocenters. The van der Waals surface area contributed by atoms with E-state index in [1.54, 1.807) is 0 Å². The van der Waals surface area contributed by atoms with Gasteiger partial charge >= 0.3 is 5.97 Å². The maximum atomic E-state index is 10.4. The number of hydrogen-bond donors (Lipinski definition) is 4. The molecule has 0 aromatic carbocycles. The summed E-state index contributed by atoms with van der Waals surface area (Å²) in [6, 6.07) is 0.897. The zero-order valence-corrected chi connectivity index (χ0v) is 8.91. The Balaban J connectivity index is 2.23. The van der Waals surface area contributed by atoms with Gasteiger partial charge in [-0.2, -0.15) is 11.3 Å². The Bertz CT molecular complexity index is 302. The molecule has 1 aromatic rings. The van der Waals surface area contributed by atoms with Crippen LogP contribution in [0.1, 0.15) is 11.7 Å². The average Bonchev–Trinajstić information content (AvgIpc) is 2.70. The fourth-order valence-corrected chi connectivity index (χ4v) is 1.75. The molecule has 0 amide bonds. The van der Waals surface area contributed by atoms with Crippen LogP contribution in [0.4, 0.5) is 0 Å². The van der Waals surface area contributed by atoms with Gasteiger partial charge in [0.1, 0.15) is 6.04 Å². The molecule has 5 N–H and O–H groups in total. The molecule has 0 aliphatic carbocycles. The lowest BCUT2D eigenvalue weighted by molar-refractivity contribution is -0.138. The van der Waals surface area contributed by atoms with Crippen molar-refractivity contribution in [2.24, 2.45) is 5.73 Å². The second-order valence-corrected chi connectivity index (χ2v) is 3.96. The zero-order valence-electron chi connectivity index (χ0n) is 8.09. The molecular weight excluding hydrogens is 216 g/mol. The first-order valence-electron chi connectivity index (χ1n) is 4.50. The number of aliphatic hydroxyl groups is 1. The van der Waals surface area contributed by atoms with Gasteiger partial charge in [0, 0.05) is 13.1 Å². The van der Waals surface area contributed by atoms with Crippen LogP contribution in [-0.4, -0.2) is 35.3 Å². The smallest absolute Gasteiger partial charge is 0.321 e. The quantitative estimate of drug-likeness (QED) is 0.542. The molecule has 0 bridgehead atoms. The van der Waals surface area contributed by atoms with Gasteiger partial charge in [0.25, 0.3) is 0 Å². The molecule has 1 heterocycles. The largest absolute Gasteiger partial charge is 0.480 e. The number of rotatable bonds is 6. The number of nitrogens with two attached hydrogens (primary N) is 1. The van der Waals surface area contributed by atoms with Crippen LogP contribution in [0, 0.1) is 0 Å². The van der Waals surface area contributed by atoms with Crippen LogP contribution >= 0.6 is 11.3 Å². The number of carboxylic acid groups (broad SMARTS) is 1. The number of thiophene rings is 1. The summed E-state index contributed by atoms with van der Waals surface area (Å²) in [4.78, 5) is 10.4. The highest BCUT2D eigenvalue weighted by Crippen LogP contribution is 2.14. The lowest BCUT2D eigenvalue weighted by Gasteiger charge is -2.12. The van der Waals surface area contributed by atoms with E-state index < -0.39 is 18.1 Å². The summed E-state index contributed by atoms with van der Waals surface area (Å²) >= 11 is 1.51. The van der Waals surface area contributed by atoms with Crippen molar-refractivity contribution in [1.29, 1.82) is 0 Å². The third kappa shape index (κ3) is 3.96. The van der Waals surface area contributed by atoms with Crippen molar-refractivity contribution in [3.63, 3.8) is 0 Å². The van der Waals surface area contributed by atoms with Crippen molar-refractivity contribution >= 4 is 17.3 Å². The molecule has 0 radical (unpaired) electrons. The van der Waals surface area contributed by atoms with E-state index in [1.807, 2.05) is 16.8 Å². The predicted octanol–water partition coefficient (Wildman–Crippen LogP) is -0.217. The van der Waals surface area contributed by atoms with Crippen LogP contribution in [0.3, 0.4) is 0 Å². The summed E-state index contributed by atoms with van der Waals surface area (Å²) in [6.45, 7) is 0.453. The van der Waals surface area contributed by atoms with E-state index in [2.05, 4.69) is 5.32 Å². The third-order valence-electron chi connectivity index (χ3n) is 1.95. The fourth-order valence-electron chi connectivity index (χ4n) is 1.05. The highest BCUT2D eigenvalue weighted by Gasteiger charge is 2.12. The number of carbonyl (C=O) groups is 1. The lowest BCUT2D eigenvalue weighted by atomic mass is 10.2. The number of aliphatic carboxylic acids is 1. The van der Waals surface area contributed by atoms with E-state index in [-0.39, 0.29) is 6.54 Å². The first kappa shape index (κ1) is 12.1. The van der Waals surface area contributed by atoms with Gasteiger partial charge in [-0.15, -0.1) is 0 Å². The number of carboxylic acids is 1. The molecule has 5 nitrogen and oxygen atoms in total. The van der Waals surface area contributed by atoms with Crippen LogP contribution in [0.25, 0.3) is 0 Å². The monoisotopic (exact) mass is 230 g/mol. The number of nitrogens with one attached hydrogen (secondary N) is 1.